The molecule has 1 aliphatic heterocycles. The maximum absolute atomic E-state index is 13.2. The molecule has 2 amide bonds. The van der Waals surface area contributed by atoms with Crippen LogP contribution in [-0.2, 0) is 20.8 Å². The zero-order chi connectivity index (χ0) is 20.8. The summed E-state index contributed by atoms with van der Waals surface area (Å²) < 4.78 is 13.0. The molecule has 2 N–H and O–H groups in total. The molecule has 1 saturated heterocycles. The molecule has 0 bridgehead atoms. The first-order chi connectivity index (χ1) is 14.0. The molecule has 2 heterocycles. The highest BCUT2D eigenvalue weighted by Gasteiger charge is 2.38. The number of hydrogen-bond donors (Lipinski definition) is 2. The number of hydrazine groups is 1. The summed E-state index contributed by atoms with van der Waals surface area (Å²) >= 11 is 0. The van der Waals surface area contributed by atoms with Gasteiger partial charge in [-0.1, -0.05) is 25.7 Å². The number of ketones is 1. The van der Waals surface area contributed by atoms with Crippen molar-refractivity contribution < 1.29 is 24.0 Å². The van der Waals surface area contributed by atoms with Crippen LogP contribution in [-0.4, -0.2) is 62.5 Å². The zero-order valence-corrected chi connectivity index (χ0v) is 16.2. The Kier molecular flexibility index (Phi) is 7.21. The number of hydroxylamine groups is 2. The first-order valence-corrected chi connectivity index (χ1v) is 9.94. The highest BCUT2D eigenvalue weighted by molar-refractivity contribution is 5.91. The fourth-order valence-corrected chi connectivity index (χ4v) is 4.17. The van der Waals surface area contributed by atoms with Crippen molar-refractivity contribution in [3.8, 4) is 0 Å². The van der Waals surface area contributed by atoms with E-state index in [0.717, 1.165) is 38.1 Å². The van der Waals surface area contributed by atoms with Crippen molar-refractivity contribution in [1.29, 1.82) is 0 Å². The first kappa shape index (κ1) is 21.3. The number of Topliss-reactive ketones (excluding diaryl/α,β-unsaturated/α-hetero) is 1. The Bertz CT molecular complexity index is 726. The molecule has 0 radical (unpaired) electrons. The van der Waals surface area contributed by atoms with Gasteiger partial charge in [0, 0.05) is 6.54 Å². The van der Waals surface area contributed by atoms with Crippen molar-refractivity contribution in [3.63, 3.8) is 0 Å². The fraction of sp³-hybridized carbons (Fsp3) is 0.632. The van der Waals surface area contributed by atoms with Crippen molar-refractivity contribution in [2.75, 3.05) is 13.1 Å². The largest absolute Gasteiger partial charge is 0.297 e. The van der Waals surface area contributed by atoms with E-state index in [1.54, 1.807) is 0 Å². The second-order valence-corrected chi connectivity index (χ2v) is 7.69. The minimum absolute atomic E-state index is 0.107. The molecule has 2 atom stereocenters. The number of rotatable bonds is 9. The van der Waals surface area contributed by atoms with E-state index in [1.807, 2.05) is 0 Å². The Balaban J connectivity index is 1.68. The third-order valence-corrected chi connectivity index (χ3v) is 5.60. The van der Waals surface area contributed by atoms with E-state index in [2.05, 4.69) is 15.4 Å². The predicted molar refractivity (Wildman–Crippen MR) is 98.6 cm³/mol. The lowest BCUT2D eigenvalue weighted by Gasteiger charge is -2.29. The van der Waals surface area contributed by atoms with Crippen molar-refractivity contribution >= 4 is 18.1 Å². The van der Waals surface area contributed by atoms with E-state index in [0.29, 0.717) is 30.4 Å². The highest BCUT2D eigenvalue weighted by Crippen LogP contribution is 2.31. The Morgan fingerprint density at radius 3 is 2.66 bits per heavy atom. The van der Waals surface area contributed by atoms with E-state index >= 15 is 0 Å². The van der Waals surface area contributed by atoms with E-state index in [-0.39, 0.29) is 36.9 Å². The molecule has 1 aromatic rings. The van der Waals surface area contributed by atoms with Crippen molar-refractivity contribution in [3.05, 3.63) is 24.0 Å². The van der Waals surface area contributed by atoms with Crippen LogP contribution in [0.15, 0.2) is 12.4 Å². The summed E-state index contributed by atoms with van der Waals surface area (Å²) in [5, 5.41) is 11.5. The maximum atomic E-state index is 13.2. The molecule has 2 fully saturated rings. The van der Waals surface area contributed by atoms with Gasteiger partial charge < -0.3 is 0 Å². The Hall–Kier alpha value is -2.46. The van der Waals surface area contributed by atoms with Crippen LogP contribution >= 0.6 is 0 Å². The van der Waals surface area contributed by atoms with Gasteiger partial charge in [-0.25, -0.2) is 24.8 Å². The number of carbonyl (C=O) groups excluding carboxylic acids is 3. The van der Waals surface area contributed by atoms with Crippen LogP contribution in [0, 0.1) is 17.7 Å². The van der Waals surface area contributed by atoms with Gasteiger partial charge in [-0.15, -0.1) is 0 Å². The monoisotopic (exact) mass is 407 g/mol. The number of hydrogen-bond acceptors (Lipinski definition) is 7. The number of nitrogens with one attached hydrogen (secondary N) is 1. The molecule has 10 heteroatoms. The van der Waals surface area contributed by atoms with Crippen LogP contribution in [0.25, 0.3) is 0 Å². The zero-order valence-electron chi connectivity index (χ0n) is 16.2. The number of halogens is 1. The smallest absolute Gasteiger partial charge is 0.242 e. The Morgan fingerprint density at radius 1 is 1.31 bits per heavy atom. The molecule has 1 saturated carbocycles. The van der Waals surface area contributed by atoms with Crippen molar-refractivity contribution in [1.82, 2.24) is 25.5 Å². The quantitative estimate of drug-likeness (QED) is 0.355. The molecule has 0 spiro atoms. The van der Waals surface area contributed by atoms with Gasteiger partial charge in [-0.2, -0.15) is 0 Å². The third-order valence-electron chi connectivity index (χ3n) is 5.60. The summed E-state index contributed by atoms with van der Waals surface area (Å²) in [6.07, 6.45) is 7.44. The van der Waals surface area contributed by atoms with Crippen LogP contribution < -0.4 is 5.43 Å². The van der Waals surface area contributed by atoms with Crippen LogP contribution in [0.3, 0.4) is 0 Å². The topological polar surface area (TPSA) is 116 Å². The molecule has 9 nitrogen and oxygen atoms in total. The molecular weight excluding hydrogens is 381 g/mol. The van der Waals surface area contributed by atoms with Crippen LogP contribution in [0.4, 0.5) is 4.39 Å². The lowest BCUT2D eigenvalue weighted by atomic mass is 9.91. The number of carbonyl (C=O) groups is 3. The van der Waals surface area contributed by atoms with Gasteiger partial charge in [0.1, 0.15) is 11.9 Å². The summed E-state index contributed by atoms with van der Waals surface area (Å²) in [6, 6.07) is -0.689. The molecule has 3 rings (SSSR count). The lowest BCUT2D eigenvalue weighted by Crippen LogP contribution is -2.51. The van der Waals surface area contributed by atoms with Gasteiger partial charge in [0.05, 0.1) is 31.3 Å². The summed E-state index contributed by atoms with van der Waals surface area (Å²) in [6.45, 7) is 0.345. The number of nitrogens with zero attached hydrogens (tertiary/aromatic N) is 4. The van der Waals surface area contributed by atoms with Crippen LogP contribution in [0.1, 0.15) is 44.3 Å². The SMILES string of the molecule is O=CN(O)C[C@@H](CC1CCCC1)C(=O)N1NCC[C@H]1C(=O)Cc1ncc(F)cn1. The van der Waals surface area contributed by atoms with Crippen LogP contribution in [0.2, 0.25) is 0 Å². The van der Waals surface area contributed by atoms with E-state index < -0.39 is 17.8 Å². The highest BCUT2D eigenvalue weighted by atomic mass is 19.1. The molecule has 1 aromatic heterocycles. The molecule has 29 heavy (non-hydrogen) atoms. The molecule has 1 aliphatic carbocycles. The van der Waals surface area contributed by atoms with Gasteiger partial charge in [-0.3, -0.25) is 24.6 Å². The van der Waals surface area contributed by atoms with Gasteiger partial charge in [-0.05, 0) is 18.8 Å². The Labute approximate surface area is 168 Å². The standard InChI is InChI=1S/C19H26FN5O4/c20-15-9-21-18(22-10-15)8-17(27)16-5-6-23-25(16)19(28)14(11-24(29)12-26)7-13-3-1-2-4-13/h9-10,12-14,16,23,29H,1-8,11H2/t14-,16+/m1/s1. The van der Waals surface area contributed by atoms with Crippen molar-refractivity contribution in [2.24, 2.45) is 11.8 Å². The summed E-state index contributed by atoms with van der Waals surface area (Å²) in [7, 11) is 0. The van der Waals surface area contributed by atoms with E-state index in [4.69, 9.17) is 0 Å². The van der Waals surface area contributed by atoms with Crippen molar-refractivity contribution in [2.45, 2.75) is 51.0 Å². The minimum Gasteiger partial charge on any atom is -0.297 e. The minimum atomic E-state index is -0.689. The first-order valence-electron chi connectivity index (χ1n) is 9.94. The normalized spacial score (nSPS) is 20.6. The lowest BCUT2D eigenvalue weighted by molar-refractivity contribution is -0.159. The average Bonchev–Trinajstić information content (AvgIpc) is 3.40. The number of aromatic nitrogens is 2. The summed E-state index contributed by atoms with van der Waals surface area (Å²) in [4.78, 5) is 44.4. The van der Waals surface area contributed by atoms with Crippen LogP contribution in [0.5, 0.6) is 0 Å². The van der Waals surface area contributed by atoms with E-state index in [9.17, 15) is 24.0 Å². The third kappa shape index (κ3) is 5.54. The van der Waals surface area contributed by atoms with Gasteiger partial charge >= 0.3 is 0 Å². The van der Waals surface area contributed by atoms with Gasteiger partial charge in [0.25, 0.3) is 0 Å². The van der Waals surface area contributed by atoms with Gasteiger partial charge in [0.15, 0.2) is 11.6 Å². The molecule has 2 aliphatic rings. The molecule has 158 valence electrons. The summed E-state index contributed by atoms with van der Waals surface area (Å²) in [5.74, 6) is -1.18. The average molecular weight is 407 g/mol. The molecule has 0 unspecified atom stereocenters. The second kappa shape index (κ2) is 9.84. The fourth-order valence-electron chi connectivity index (χ4n) is 4.17. The Morgan fingerprint density at radius 2 is 2.00 bits per heavy atom. The molecular formula is C19H26FN5O4. The predicted octanol–water partition coefficient (Wildman–Crippen LogP) is 0.877. The molecule has 0 aromatic carbocycles. The maximum Gasteiger partial charge on any atom is 0.242 e. The van der Waals surface area contributed by atoms with Gasteiger partial charge in [0.2, 0.25) is 12.3 Å². The van der Waals surface area contributed by atoms with E-state index in [1.165, 1.54) is 5.01 Å². The number of amides is 2. The second-order valence-electron chi connectivity index (χ2n) is 7.69. The summed E-state index contributed by atoms with van der Waals surface area (Å²) in [5.41, 5.74) is 2.95.